The summed E-state index contributed by atoms with van der Waals surface area (Å²) in [6.07, 6.45) is 0. The van der Waals surface area contributed by atoms with Crippen LogP contribution in [0.5, 0.6) is 0 Å². The fourth-order valence-corrected chi connectivity index (χ4v) is 0.114. The number of amides is 2. The minimum atomic E-state index is -0.815. The van der Waals surface area contributed by atoms with Crippen molar-refractivity contribution in [2.24, 2.45) is 5.73 Å². The van der Waals surface area contributed by atoms with Gasteiger partial charge in [-0.1, -0.05) is 0 Å². The maximum atomic E-state index is 9.50. The average molecular weight is 134 g/mol. The zero-order valence-electron chi connectivity index (χ0n) is 4.77. The summed E-state index contributed by atoms with van der Waals surface area (Å²) < 4.78 is 3.55. The Bertz CT molecular complexity index is 64.0. The van der Waals surface area contributed by atoms with Gasteiger partial charge in [0.25, 0.3) is 0 Å². The van der Waals surface area contributed by atoms with Crippen LogP contribution < -0.4 is 40.8 Å². The van der Waals surface area contributed by atoms with Gasteiger partial charge in [0, 0.05) is 0 Å². The van der Waals surface area contributed by atoms with E-state index in [0.717, 1.165) is 0 Å². The van der Waals surface area contributed by atoms with Crippen molar-refractivity contribution in [3.05, 3.63) is 0 Å². The minimum absolute atomic E-state index is 0. The molecule has 6 heteroatoms. The Morgan fingerprint density at radius 3 is 2.43 bits per heavy atom. The molecule has 0 radical (unpaired) electrons. The first-order valence-electron chi connectivity index (χ1n) is 1.10. The number of rotatable bonds is 1. The molecule has 38 valence electrons. The van der Waals surface area contributed by atoms with E-state index in [-0.39, 0.29) is 31.0 Å². The van der Waals surface area contributed by atoms with Gasteiger partial charge < -0.3 is 7.16 Å². The molecule has 3 N–H and O–H groups in total. The molecule has 0 spiro atoms. The first-order chi connectivity index (χ1) is 2.77. The molecule has 0 heterocycles. The summed E-state index contributed by atoms with van der Waals surface area (Å²) in [5, 5.41) is 0. The summed E-state index contributed by atoms with van der Waals surface area (Å²) in [5.74, 6) is 0. The molecule has 2 amide bonds. The van der Waals surface area contributed by atoms with Crippen LogP contribution in [0.2, 0.25) is 0 Å². The second kappa shape index (κ2) is 6.52. The van der Waals surface area contributed by atoms with Crippen LogP contribution in [-0.4, -0.2) is 6.03 Å². The molecule has 0 aromatic carbocycles. The molecule has 4 nitrogen and oxygen atoms in total. The molecule has 0 unspecified atom stereocenters. The van der Waals surface area contributed by atoms with Crippen molar-refractivity contribution in [3.8, 4) is 0 Å². The van der Waals surface area contributed by atoms with Crippen LogP contribution in [0.4, 0.5) is 4.79 Å². The zero-order valence-corrected chi connectivity index (χ0v) is 6.53. The van der Waals surface area contributed by atoms with Gasteiger partial charge in [-0.15, -0.1) is 0 Å². The second-order valence-corrected chi connectivity index (χ2v) is 0.698. The topological polar surface area (TPSA) is 64.4 Å². The third kappa shape index (κ3) is 10.8. The van der Waals surface area contributed by atoms with Gasteiger partial charge in [-0.05, 0) is 0 Å². The molecule has 0 atom stereocenters. The molecule has 0 aliphatic carbocycles. The van der Waals surface area contributed by atoms with Gasteiger partial charge in [0.1, 0.15) is 0 Å². The van der Waals surface area contributed by atoms with Gasteiger partial charge in [0.05, 0.1) is 11.9 Å². The molecule has 0 aromatic rings. The van der Waals surface area contributed by atoms with Crippen molar-refractivity contribution >= 4 is 17.9 Å². The monoisotopic (exact) mass is 134 g/mol. The molecule has 0 aliphatic heterocycles. The first-order valence-corrected chi connectivity index (χ1v) is 1.41. The number of hydrogen-bond acceptors (Lipinski definition) is 2. The van der Waals surface area contributed by atoms with E-state index in [4.69, 9.17) is 0 Å². The van der Waals surface area contributed by atoms with Crippen LogP contribution >= 0.6 is 11.9 Å². The summed E-state index contributed by atoms with van der Waals surface area (Å²) in [7, 11) is 0. The van der Waals surface area contributed by atoms with Crippen molar-refractivity contribution in [2.75, 3.05) is 0 Å². The van der Waals surface area contributed by atoms with Gasteiger partial charge in [-0.3, -0.25) is 0 Å². The molecule has 0 saturated carbocycles. The maximum Gasteiger partial charge on any atom is 1.00 e. The molecule has 0 bridgehead atoms. The molecular formula is CH4ClN2NaO2. The number of nitrogens with two attached hydrogens (primary N) is 1. The Morgan fingerprint density at radius 1 is 2.00 bits per heavy atom. The fourth-order valence-electron chi connectivity index (χ4n) is 0.0380. The Kier molecular flexibility index (Phi) is 9.77. The Labute approximate surface area is 69.2 Å². The molecule has 0 aromatic heterocycles. The van der Waals surface area contributed by atoms with E-state index in [1.807, 2.05) is 0 Å². The van der Waals surface area contributed by atoms with E-state index in [2.05, 4.69) is 22.0 Å². The Morgan fingerprint density at radius 2 is 2.43 bits per heavy atom. The predicted octanol–water partition coefficient (Wildman–Crippen LogP) is -3.14. The SMILES string of the molecule is NC(=O)NOCl.[H-].[Na+]. The smallest absolute Gasteiger partial charge is 1.00 e. The van der Waals surface area contributed by atoms with Gasteiger partial charge in [0.15, 0.2) is 0 Å². The number of carbonyl (C=O) groups is 1. The number of urea groups is 1. The summed E-state index contributed by atoms with van der Waals surface area (Å²) in [6.45, 7) is 0. The summed E-state index contributed by atoms with van der Waals surface area (Å²) in [4.78, 5) is 9.50. The third-order valence-corrected chi connectivity index (χ3v) is 0.216. The maximum absolute atomic E-state index is 9.50. The van der Waals surface area contributed by atoms with Crippen molar-refractivity contribution in [2.45, 2.75) is 0 Å². The molecule has 0 rings (SSSR count). The fraction of sp³-hybridized carbons (Fsp3) is 0. The minimum Gasteiger partial charge on any atom is -1.00 e. The predicted molar refractivity (Wildman–Crippen MR) is 20.8 cm³/mol. The summed E-state index contributed by atoms with van der Waals surface area (Å²) in [5.41, 5.74) is 6.06. The molecule has 0 saturated heterocycles. The zero-order chi connectivity index (χ0) is 4.99. The summed E-state index contributed by atoms with van der Waals surface area (Å²) >= 11 is 4.48. The van der Waals surface area contributed by atoms with Crippen LogP contribution in [0.1, 0.15) is 1.43 Å². The number of carbonyl (C=O) groups excluding carboxylic acids is 1. The van der Waals surface area contributed by atoms with Crippen LogP contribution in [0.3, 0.4) is 0 Å². The molecule has 0 aliphatic rings. The van der Waals surface area contributed by atoms with E-state index in [1.54, 1.807) is 5.48 Å². The average Bonchev–Trinajstić information content (AvgIpc) is 1.35. The molecule has 7 heavy (non-hydrogen) atoms. The Balaban J connectivity index is -0.000000125. The Hall–Kier alpha value is 0.520. The third-order valence-electron chi connectivity index (χ3n) is 0.139. The van der Waals surface area contributed by atoms with Crippen molar-refractivity contribution < 1.29 is 40.2 Å². The number of hydrogen-bond donors (Lipinski definition) is 2. The van der Waals surface area contributed by atoms with E-state index in [9.17, 15) is 4.79 Å². The van der Waals surface area contributed by atoms with Crippen LogP contribution in [-0.2, 0) is 4.39 Å². The summed E-state index contributed by atoms with van der Waals surface area (Å²) in [6, 6.07) is -0.815. The standard InChI is InChI=1S/CH3ClN2O2.Na.H/c2-6-4-1(3)5;;/h(H3,3,4,5);;/q;+1;-1. The van der Waals surface area contributed by atoms with Crippen LogP contribution in [0, 0.1) is 0 Å². The number of nitrogens with one attached hydrogen (secondary N) is 1. The number of primary amides is 1. The van der Waals surface area contributed by atoms with E-state index in [1.165, 1.54) is 0 Å². The van der Waals surface area contributed by atoms with Crippen LogP contribution in [0.15, 0.2) is 0 Å². The van der Waals surface area contributed by atoms with Gasteiger partial charge in [-0.2, -0.15) is 9.87 Å². The van der Waals surface area contributed by atoms with Crippen molar-refractivity contribution in [3.63, 3.8) is 0 Å². The van der Waals surface area contributed by atoms with Gasteiger partial charge in [0.2, 0.25) is 0 Å². The van der Waals surface area contributed by atoms with Gasteiger partial charge in [-0.25, -0.2) is 4.79 Å². The van der Waals surface area contributed by atoms with Crippen molar-refractivity contribution in [1.29, 1.82) is 0 Å². The van der Waals surface area contributed by atoms with E-state index in [0.29, 0.717) is 0 Å². The normalized spacial score (nSPS) is 6.43. The van der Waals surface area contributed by atoms with Gasteiger partial charge >= 0.3 is 35.6 Å². The number of hydroxylamine groups is 1. The molecule has 0 fully saturated rings. The van der Waals surface area contributed by atoms with Crippen molar-refractivity contribution in [1.82, 2.24) is 5.48 Å². The van der Waals surface area contributed by atoms with E-state index < -0.39 is 6.03 Å². The largest absolute Gasteiger partial charge is 1.00 e. The molecular weight excluding hydrogens is 130 g/mol. The van der Waals surface area contributed by atoms with E-state index >= 15 is 0 Å². The quantitative estimate of drug-likeness (QED) is 0.294. The second-order valence-electron chi connectivity index (χ2n) is 0.543. The van der Waals surface area contributed by atoms with Crippen LogP contribution in [0.25, 0.3) is 0 Å². The number of halogens is 1. The first kappa shape index (κ1) is 10.5.